The van der Waals surface area contributed by atoms with E-state index in [0.29, 0.717) is 5.91 Å². The van der Waals surface area contributed by atoms with Crippen LogP contribution in [0.15, 0.2) is 24.4 Å². The monoisotopic (exact) mass is 384 g/mol. The van der Waals surface area contributed by atoms with Crippen molar-refractivity contribution < 1.29 is 4.79 Å². The highest BCUT2D eigenvalue weighted by molar-refractivity contribution is 7.15. The quantitative estimate of drug-likeness (QED) is 0.854. The van der Waals surface area contributed by atoms with Crippen LogP contribution in [0.2, 0.25) is 0 Å². The van der Waals surface area contributed by atoms with E-state index in [-0.39, 0.29) is 5.41 Å². The first-order chi connectivity index (χ1) is 13.2. The van der Waals surface area contributed by atoms with Gasteiger partial charge >= 0.3 is 0 Å². The molecule has 1 saturated carbocycles. The number of amides is 1. The van der Waals surface area contributed by atoms with Crippen LogP contribution in [-0.4, -0.2) is 52.1 Å². The molecule has 1 amide bonds. The van der Waals surface area contributed by atoms with Gasteiger partial charge in [0.1, 0.15) is 0 Å². The summed E-state index contributed by atoms with van der Waals surface area (Å²) >= 11 is 1.82. The molecule has 1 aliphatic carbocycles. The van der Waals surface area contributed by atoms with Crippen molar-refractivity contribution in [2.24, 2.45) is 11.3 Å². The van der Waals surface area contributed by atoms with Crippen LogP contribution in [0.3, 0.4) is 0 Å². The van der Waals surface area contributed by atoms with E-state index in [4.69, 9.17) is 0 Å². The van der Waals surface area contributed by atoms with E-state index in [1.54, 1.807) is 6.20 Å². The number of piperidine rings is 1. The van der Waals surface area contributed by atoms with Crippen LogP contribution >= 0.6 is 11.3 Å². The minimum atomic E-state index is -0.106. The van der Waals surface area contributed by atoms with Gasteiger partial charge in [0, 0.05) is 37.3 Å². The molecule has 2 aromatic heterocycles. The maximum absolute atomic E-state index is 13.3. The smallest absolute Gasteiger partial charge is 0.230 e. The predicted octanol–water partition coefficient (Wildman–Crippen LogP) is 3.75. The molecule has 0 aromatic carbocycles. The summed E-state index contributed by atoms with van der Waals surface area (Å²) < 4.78 is 0. The molecule has 3 fully saturated rings. The summed E-state index contributed by atoms with van der Waals surface area (Å²) in [4.78, 5) is 20.6. The molecular formula is C21H28N4OS. The second-order valence-corrected chi connectivity index (χ2v) is 9.80. The minimum absolute atomic E-state index is 0.106. The second kappa shape index (κ2) is 7.06. The minimum Gasteiger partial charge on any atom is -0.342 e. The molecule has 144 valence electrons. The number of nitrogens with zero attached hydrogens (tertiary/aromatic N) is 3. The first-order valence-electron chi connectivity index (χ1n) is 10.3. The van der Waals surface area contributed by atoms with Gasteiger partial charge in [0.2, 0.25) is 5.91 Å². The Morgan fingerprint density at radius 3 is 2.89 bits per heavy atom. The number of hydrogen-bond acceptors (Lipinski definition) is 4. The fourth-order valence-electron chi connectivity index (χ4n) is 5.01. The third-order valence-electron chi connectivity index (χ3n) is 6.77. The zero-order valence-corrected chi connectivity index (χ0v) is 16.6. The molecule has 5 nitrogen and oxygen atoms in total. The number of hydrogen-bond donors (Lipinski definition) is 1. The van der Waals surface area contributed by atoms with Gasteiger partial charge < -0.3 is 4.90 Å². The molecule has 6 heteroatoms. The number of H-pyrrole nitrogens is 1. The number of carbonyl (C=O) groups excluding carboxylic acids is 1. The van der Waals surface area contributed by atoms with Crippen molar-refractivity contribution in [3.05, 3.63) is 29.3 Å². The van der Waals surface area contributed by atoms with Crippen molar-refractivity contribution in [1.82, 2.24) is 20.0 Å². The van der Waals surface area contributed by atoms with E-state index in [9.17, 15) is 4.79 Å². The van der Waals surface area contributed by atoms with Crippen molar-refractivity contribution >= 4 is 17.2 Å². The van der Waals surface area contributed by atoms with Crippen LogP contribution < -0.4 is 0 Å². The summed E-state index contributed by atoms with van der Waals surface area (Å²) in [7, 11) is 0. The van der Waals surface area contributed by atoms with Crippen molar-refractivity contribution in [2.45, 2.75) is 45.1 Å². The number of aromatic amines is 1. The highest BCUT2D eigenvalue weighted by Crippen LogP contribution is 2.42. The maximum atomic E-state index is 13.3. The third-order valence-corrected chi connectivity index (χ3v) is 7.87. The summed E-state index contributed by atoms with van der Waals surface area (Å²) in [6.07, 6.45) is 9.07. The van der Waals surface area contributed by atoms with Crippen molar-refractivity contribution in [1.29, 1.82) is 0 Å². The Morgan fingerprint density at radius 2 is 2.11 bits per heavy atom. The van der Waals surface area contributed by atoms with Crippen molar-refractivity contribution in [3.8, 4) is 10.6 Å². The lowest BCUT2D eigenvalue weighted by Gasteiger charge is -2.42. The molecule has 4 heterocycles. The van der Waals surface area contributed by atoms with E-state index in [0.717, 1.165) is 57.2 Å². The van der Waals surface area contributed by atoms with Crippen LogP contribution in [0.1, 0.15) is 43.4 Å². The van der Waals surface area contributed by atoms with Gasteiger partial charge in [-0.1, -0.05) is 6.42 Å². The summed E-state index contributed by atoms with van der Waals surface area (Å²) in [6, 6.07) is 6.40. The van der Waals surface area contributed by atoms with E-state index in [1.165, 1.54) is 35.4 Å². The zero-order chi connectivity index (χ0) is 18.3. The second-order valence-electron chi connectivity index (χ2n) is 8.63. The Bertz CT molecular complexity index is 797. The molecule has 3 aliphatic rings. The molecule has 0 radical (unpaired) electrons. The number of aromatic nitrogens is 2. The van der Waals surface area contributed by atoms with Crippen LogP contribution in [0.4, 0.5) is 0 Å². The van der Waals surface area contributed by atoms with Gasteiger partial charge in [-0.25, -0.2) is 0 Å². The first kappa shape index (κ1) is 17.4. The van der Waals surface area contributed by atoms with Gasteiger partial charge in [-0.3, -0.25) is 14.8 Å². The average molecular weight is 385 g/mol. The molecule has 27 heavy (non-hydrogen) atoms. The van der Waals surface area contributed by atoms with Gasteiger partial charge in [-0.15, -0.1) is 11.3 Å². The SMILES string of the molecule is O=C1N(CC2CCC2)CCC[C@@]12CCN(Cc1ccc(-c3ccn[nH]3)s1)C2. The molecular weight excluding hydrogens is 356 g/mol. The summed E-state index contributed by atoms with van der Waals surface area (Å²) in [5, 5.41) is 7.08. The molecule has 1 N–H and O–H groups in total. The lowest BCUT2D eigenvalue weighted by Crippen LogP contribution is -2.51. The van der Waals surface area contributed by atoms with Gasteiger partial charge in [-0.2, -0.15) is 5.10 Å². The van der Waals surface area contributed by atoms with Crippen LogP contribution in [0.25, 0.3) is 10.6 Å². The van der Waals surface area contributed by atoms with E-state index in [2.05, 4.69) is 32.1 Å². The Hall–Kier alpha value is -1.66. The molecule has 2 aromatic rings. The first-order valence-corrected chi connectivity index (χ1v) is 11.1. The number of nitrogens with one attached hydrogen (secondary N) is 1. The molecule has 2 aliphatic heterocycles. The normalized spacial score (nSPS) is 26.8. The molecule has 2 saturated heterocycles. The summed E-state index contributed by atoms with van der Waals surface area (Å²) in [6.45, 7) is 4.93. The summed E-state index contributed by atoms with van der Waals surface area (Å²) in [5.41, 5.74) is 0.976. The zero-order valence-electron chi connectivity index (χ0n) is 15.8. The van der Waals surface area contributed by atoms with E-state index < -0.39 is 0 Å². The van der Waals surface area contributed by atoms with Gasteiger partial charge in [0.05, 0.1) is 16.0 Å². The maximum Gasteiger partial charge on any atom is 0.230 e. The Kier molecular flexibility index (Phi) is 4.56. The van der Waals surface area contributed by atoms with Gasteiger partial charge in [-0.05, 0) is 62.8 Å². The topological polar surface area (TPSA) is 52.2 Å². The Balaban J connectivity index is 1.23. The van der Waals surface area contributed by atoms with Crippen LogP contribution in [0, 0.1) is 11.3 Å². The van der Waals surface area contributed by atoms with Crippen LogP contribution in [0.5, 0.6) is 0 Å². The fraction of sp³-hybridized carbons (Fsp3) is 0.619. The molecule has 1 spiro atoms. The number of carbonyl (C=O) groups is 1. The Labute approximate surface area is 164 Å². The summed E-state index contributed by atoms with van der Waals surface area (Å²) in [5.74, 6) is 1.22. The van der Waals surface area contributed by atoms with Crippen LogP contribution in [-0.2, 0) is 11.3 Å². The third kappa shape index (κ3) is 3.34. The van der Waals surface area contributed by atoms with E-state index >= 15 is 0 Å². The largest absolute Gasteiger partial charge is 0.342 e. The standard InChI is InChI=1S/C21H28N4OS/c26-20-21(8-2-11-25(20)13-16-3-1-4-16)9-12-24(15-21)14-17-5-6-19(27-17)18-7-10-22-23-18/h5-7,10,16H,1-4,8-9,11-15H2,(H,22,23)/t21-/m0/s1. The molecule has 1 atom stereocenters. The van der Waals surface area contributed by atoms with E-state index in [1.807, 2.05) is 17.4 Å². The predicted molar refractivity (Wildman–Crippen MR) is 107 cm³/mol. The average Bonchev–Trinajstić information content (AvgIpc) is 3.36. The lowest BCUT2D eigenvalue weighted by molar-refractivity contribution is -0.146. The molecule has 0 bridgehead atoms. The number of thiophene rings is 1. The van der Waals surface area contributed by atoms with Gasteiger partial charge in [0.25, 0.3) is 0 Å². The lowest BCUT2D eigenvalue weighted by atomic mass is 9.77. The Morgan fingerprint density at radius 1 is 1.19 bits per heavy atom. The molecule has 5 rings (SSSR count). The molecule has 0 unspecified atom stereocenters. The van der Waals surface area contributed by atoms with Crippen molar-refractivity contribution in [3.63, 3.8) is 0 Å². The van der Waals surface area contributed by atoms with Gasteiger partial charge in [0.15, 0.2) is 0 Å². The number of likely N-dealkylation sites (tertiary alicyclic amines) is 2. The van der Waals surface area contributed by atoms with Crippen molar-refractivity contribution in [2.75, 3.05) is 26.2 Å². The fourth-order valence-corrected chi connectivity index (χ4v) is 6.03. The number of rotatable bonds is 5. The highest BCUT2D eigenvalue weighted by atomic mass is 32.1. The highest BCUT2D eigenvalue weighted by Gasteiger charge is 2.48.